The maximum Gasteiger partial charge on any atom is 0.226 e. The summed E-state index contributed by atoms with van der Waals surface area (Å²) in [7, 11) is 3.60. The van der Waals surface area contributed by atoms with Crippen molar-refractivity contribution in [2.45, 2.75) is 6.92 Å². The molecule has 2 rings (SSSR count). The lowest BCUT2D eigenvalue weighted by molar-refractivity contribution is 0.619. The molecule has 0 saturated heterocycles. The SMILES string of the molecule is Cc1cc(-c2cc(C#N)nc(N(C)C)n2)ccc1F. The van der Waals surface area contributed by atoms with Gasteiger partial charge in [0.05, 0.1) is 5.69 Å². The Bertz CT molecular complexity index is 659. The van der Waals surface area contributed by atoms with Gasteiger partial charge in [0.25, 0.3) is 0 Å². The first-order chi connectivity index (χ1) is 9.01. The van der Waals surface area contributed by atoms with Crippen molar-refractivity contribution in [2.75, 3.05) is 19.0 Å². The van der Waals surface area contributed by atoms with Crippen molar-refractivity contribution in [1.82, 2.24) is 9.97 Å². The van der Waals surface area contributed by atoms with Crippen LogP contribution in [-0.2, 0) is 0 Å². The van der Waals surface area contributed by atoms with Gasteiger partial charge in [0.2, 0.25) is 5.95 Å². The topological polar surface area (TPSA) is 52.8 Å². The monoisotopic (exact) mass is 256 g/mol. The van der Waals surface area contributed by atoms with Gasteiger partial charge in [-0.15, -0.1) is 0 Å². The fraction of sp³-hybridized carbons (Fsp3) is 0.214. The van der Waals surface area contributed by atoms with Crippen LogP contribution in [-0.4, -0.2) is 24.1 Å². The van der Waals surface area contributed by atoms with Gasteiger partial charge >= 0.3 is 0 Å². The number of hydrogen-bond donors (Lipinski definition) is 0. The number of aromatic nitrogens is 2. The van der Waals surface area contributed by atoms with E-state index in [9.17, 15) is 4.39 Å². The highest BCUT2D eigenvalue weighted by molar-refractivity contribution is 5.62. The first-order valence-electron chi connectivity index (χ1n) is 5.74. The number of nitriles is 1. The summed E-state index contributed by atoms with van der Waals surface area (Å²) in [5.74, 6) is 0.196. The van der Waals surface area contributed by atoms with Gasteiger partial charge in [0.15, 0.2) is 0 Å². The van der Waals surface area contributed by atoms with E-state index in [0.29, 0.717) is 17.2 Å². The number of anilines is 1. The van der Waals surface area contributed by atoms with Crippen molar-refractivity contribution < 1.29 is 4.39 Å². The minimum atomic E-state index is -0.258. The van der Waals surface area contributed by atoms with Crippen molar-refractivity contribution in [2.24, 2.45) is 0 Å². The maximum atomic E-state index is 13.3. The molecule has 0 aliphatic carbocycles. The van der Waals surface area contributed by atoms with Crippen LogP contribution in [0.2, 0.25) is 0 Å². The Morgan fingerprint density at radius 2 is 1.95 bits per heavy atom. The Balaban J connectivity index is 2.58. The van der Waals surface area contributed by atoms with Gasteiger partial charge in [0.1, 0.15) is 17.6 Å². The number of rotatable bonds is 2. The molecule has 1 heterocycles. The molecule has 0 radical (unpaired) electrons. The smallest absolute Gasteiger partial charge is 0.226 e. The van der Waals surface area contributed by atoms with Gasteiger partial charge in [-0.3, -0.25) is 0 Å². The zero-order chi connectivity index (χ0) is 14.0. The summed E-state index contributed by atoms with van der Waals surface area (Å²) >= 11 is 0. The quantitative estimate of drug-likeness (QED) is 0.828. The fourth-order valence-electron chi connectivity index (χ4n) is 1.64. The maximum absolute atomic E-state index is 13.3. The molecule has 0 fully saturated rings. The van der Waals surface area contributed by atoms with Crippen LogP contribution in [0.3, 0.4) is 0 Å². The van der Waals surface area contributed by atoms with E-state index in [1.54, 1.807) is 44.1 Å². The summed E-state index contributed by atoms with van der Waals surface area (Å²) in [6.07, 6.45) is 0. The van der Waals surface area contributed by atoms with Crippen molar-refractivity contribution in [3.63, 3.8) is 0 Å². The van der Waals surface area contributed by atoms with Crippen LogP contribution in [0.1, 0.15) is 11.3 Å². The molecule has 0 bridgehead atoms. The van der Waals surface area contributed by atoms with Gasteiger partial charge in [0, 0.05) is 25.7 Å². The summed E-state index contributed by atoms with van der Waals surface area (Å²) in [6, 6.07) is 8.35. The van der Waals surface area contributed by atoms with E-state index in [-0.39, 0.29) is 11.5 Å². The summed E-state index contributed by atoms with van der Waals surface area (Å²) < 4.78 is 13.3. The molecule has 0 aliphatic heterocycles. The van der Waals surface area contributed by atoms with Crippen LogP contribution in [0.5, 0.6) is 0 Å². The third-order valence-electron chi connectivity index (χ3n) is 2.68. The Labute approximate surface area is 111 Å². The Morgan fingerprint density at radius 1 is 1.21 bits per heavy atom. The lowest BCUT2D eigenvalue weighted by atomic mass is 10.1. The third kappa shape index (κ3) is 2.68. The minimum Gasteiger partial charge on any atom is -0.347 e. The zero-order valence-corrected chi connectivity index (χ0v) is 11.0. The van der Waals surface area contributed by atoms with Crippen molar-refractivity contribution in [3.05, 3.63) is 41.3 Å². The molecule has 0 atom stereocenters. The molecule has 4 nitrogen and oxygen atoms in total. The van der Waals surface area contributed by atoms with E-state index >= 15 is 0 Å². The second-order valence-electron chi connectivity index (χ2n) is 4.41. The number of aryl methyl sites for hydroxylation is 1. The molecule has 2 aromatic rings. The molecule has 19 heavy (non-hydrogen) atoms. The van der Waals surface area contributed by atoms with E-state index < -0.39 is 0 Å². The van der Waals surface area contributed by atoms with Gasteiger partial charge < -0.3 is 4.90 Å². The molecular formula is C14H13FN4. The standard InChI is InChI=1S/C14H13FN4/c1-9-6-10(4-5-12(9)15)13-7-11(8-16)17-14(18-13)19(2)3/h4-7H,1-3H3. The second-order valence-corrected chi connectivity index (χ2v) is 4.41. The predicted molar refractivity (Wildman–Crippen MR) is 71.2 cm³/mol. The van der Waals surface area contributed by atoms with E-state index in [2.05, 4.69) is 9.97 Å². The van der Waals surface area contributed by atoms with Gasteiger partial charge in [-0.25, -0.2) is 14.4 Å². The lowest BCUT2D eigenvalue weighted by Crippen LogP contribution is -2.13. The van der Waals surface area contributed by atoms with Crippen LogP contribution in [0.25, 0.3) is 11.3 Å². The highest BCUT2D eigenvalue weighted by Gasteiger charge is 2.09. The molecular weight excluding hydrogens is 243 g/mol. The van der Waals surface area contributed by atoms with Gasteiger partial charge in [-0.2, -0.15) is 5.26 Å². The molecule has 0 N–H and O–H groups in total. The Hall–Kier alpha value is -2.48. The summed E-state index contributed by atoms with van der Waals surface area (Å²) in [4.78, 5) is 10.2. The third-order valence-corrected chi connectivity index (χ3v) is 2.68. The van der Waals surface area contributed by atoms with Gasteiger partial charge in [-0.05, 0) is 30.7 Å². The molecule has 1 aromatic carbocycles. The van der Waals surface area contributed by atoms with Crippen LogP contribution in [0, 0.1) is 24.1 Å². The second kappa shape index (κ2) is 5.02. The van der Waals surface area contributed by atoms with Crippen LogP contribution in [0.15, 0.2) is 24.3 Å². The molecule has 5 heteroatoms. The van der Waals surface area contributed by atoms with Crippen molar-refractivity contribution >= 4 is 5.95 Å². The molecule has 0 unspecified atom stereocenters. The molecule has 0 spiro atoms. The fourth-order valence-corrected chi connectivity index (χ4v) is 1.64. The van der Waals surface area contributed by atoms with Crippen molar-refractivity contribution in [1.29, 1.82) is 5.26 Å². The largest absolute Gasteiger partial charge is 0.347 e. The van der Waals surface area contributed by atoms with Gasteiger partial charge in [-0.1, -0.05) is 0 Å². The van der Waals surface area contributed by atoms with Crippen LogP contribution < -0.4 is 4.90 Å². The first kappa shape index (κ1) is 13.0. The highest BCUT2D eigenvalue weighted by Crippen LogP contribution is 2.22. The van der Waals surface area contributed by atoms with Crippen molar-refractivity contribution in [3.8, 4) is 17.3 Å². The number of benzene rings is 1. The summed E-state index contributed by atoms with van der Waals surface area (Å²) in [5, 5.41) is 9.00. The Morgan fingerprint density at radius 3 is 2.53 bits per heavy atom. The predicted octanol–water partition coefficient (Wildman–Crippen LogP) is 2.53. The molecule has 96 valence electrons. The van der Waals surface area contributed by atoms with E-state index in [1.165, 1.54) is 6.07 Å². The zero-order valence-electron chi connectivity index (χ0n) is 11.0. The molecule has 0 aliphatic rings. The average Bonchev–Trinajstić information content (AvgIpc) is 2.41. The van der Waals surface area contributed by atoms with Crippen LogP contribution in [0.4, 0.5) is 10.3 Å². The molecule has 1 aromatic heterocycles. The number of hydrogen-bond acceptors (Lipinski definition) is 4. The summed E-state index contributed by atoms with van der Waals surface area (Å²) in [5.41, 5.74) is 2.20. The van der Waals surface area contributed by atoms with E-state index in [4.69, 9.17) is 5.26 Å². The Kier molecular flexibility index (Phi) is 3.43. The molecule has 0 saturated carbocycles. The molecule has 0 amide bonds. The minimum absolute atomic E-state index is 0.258. The summed E-state index contributed by atoms with van der Waals surface area (Å²) in [6.45, 7) is 1.69. The van der Waals surface area contributed by atoms with Crippen LogP contribution >= 0.6 is 0 Å². The van der Waals surface area contributed by atoms with E-state index in [1.807, 2.05) is 6.07 Å². The number of nitrogens with zero attached hydrogens (tertiary/aromatic N) is 4. The van der Waals surface area contributed by atoms with E-state index in [0.717, 1.165) is 5.56 Å². The number of halogens is 1. The normalized spacial score (nSPS) is 10.1. The average molecular weight is 256 g/mol. The lowest BCUT2D eigenvalue weighted by Gasteiger charge is -2.12. The first-order valence-corrected chi connectivity index (χ1v) is 5.74. The highest BCUT2D eigenvalue weighted by atomic mass is 19.1.